The van der Waals surface area contributed by atoms with Crippen LogP contribution in [0, 0.1) is 5.92 Å². The number of rotatable bonds is 2. The maximum absolute atomic E-state index is 12.2. The summed E-state index contributed by atoms with van der Waals surface area (Å²) < 4.78 is 5.40. The second kappa shape index (κ2) is 6.24. The molecule has 21 heavy (non-hydrogen) atoms. The summed E-state index contributed by atoms with van der Waals surface area (Å²) in [5.74, 6) is 0.137. The summed E-state index contributed by atoms with van der Waals surface area (Å²) in [7, 11) is 0. The molecule has 1 N–H and O–H groups in total. The number of likely N-dealkylation sites (tertiary alicyclic amines) is 1. The summed E-state index contributed by atoms with van der Waals surface area (Å²) in [6.07, 6.45) is -0.322. The second-order valence-corrected chi connectivity index (χ2v) is 6.92. The molecule has 0 aromatic heterocycles. The molecule has 0 aliphatic carbocycles. The number of benzene rings is 1. The smallest absolute Gasteiger partial charge is 0.410 e. The highest BCUT2D eigenvalue weighted by atomic mass is 35.5. The number of ether oxygens (including phenoxy) is 1. The normalized spacial score (nSPS) is 22.4. The predicted octanol–water partition coefficient (Wildman–Crippen LogP) is 3.28. The van der Waals surface area contributed by atoms with E-state index in [1.807, 2.05) is 45.0 Å². The average Bonchev–Trinajstić information content (AvgIpc) is 2.82. The lowest BCUT2D eigenvalue weighted by Gasteiger charge is -2.24. The van der Waals surface area contributed by atoms with Crippen molar-refractivity contribution in [1.82, 2.24) is 4.90 Å². The fraction of sp³-hybridized carbons (Fsp3) is 0.562. The number of amides is 1. The van der Waals surface area contributed by atoms with Crippen LogP contribution in [0.25, 0.3) is 0 Å². The third-order valence-corrected chi connectivity index (χ3v) is 3.88. The first-order valence-electron chi connectivity index (χ1n) is 7.14. The summed E-state index contributed by atoms with van der Waals surface area (Å²) in [6.45, 7) is 6.66. The van der Waals surface area contributed by atoms with Gasteiger partial charge in [-0.2, -0.15) is 0 Å². The Bertz CT molecular complexity index is 495. The van der Waals surface area contributed by atoms with E-state index in [1.165, 1.54) is 0 Å². The van der Waals surface area contributed by atoms with E-state index in [0.717, 1.165) is 5.56 Å². The van der Waals surface area contributed by atoms with E-state index in [4.69, 9.17) is 16.3 Å². The molecule has 0 radical (unpaired) electrons. The summed E-state index contributed by atoms with van der Waals surface area (Å²) in [4.78, 5) is 13.8. The van der Waals surface area contributed by atoms with Gasteiger partial charge in [0.05, 0.1) is 0 Å². The van der Waals surface area contributed by atoms with Crippen LogP contribution in [-0.4, -0.2) is 41.4 Å². The highest BCUT2D eigenvalue weighted by molar-refractivity contribution is 6.30. The van der Waals surface area contributed by atoms with Gasteiger partial charge in [0, 0.05) is 36.6 Å². The van der Waals surface area contributed by atoms with Crippen molar-refractivity contribution in [3.63, 3.8) is 0 Å². The van der Waals surface area contributed by atoms with Gasteiger partial charge in [-0.3, -0.25) is 0 Å². The molecule has 1 amide bonds. The van der Waals surface area contributed by atoms with E-state index in [-0.39, 0.29) is 24.5 Å². The van der Waals surface area contributed by atoms with Crippen LogP contribution in [0.3, 0.4) is 0 Å². The molecule has 0 bridgehead atoms. The first-order valence-corrected chi connectivity index (χ1v) is 7.52. The van der Waals surface area contributed by atoms with Gasteiger partial charge >= 0.3 is 6.09 Å². The van der Waals surface area contributed by atoms with Crippen LogP contribution in [0.2, 0.25) is 5.02 Å². The molecule has 1 fully saturated rings. The molecule has 1 aromatic rings. The fourth-order valence-electron chi connectivity index (χ4n) is 2.62. The minimum Gasteiger partial charge on any atom is -0.444 e. The van der Waals surface area contributed by atoms with E-state index >= 15 is 0 Å². The van der Waals surface area contributed by atoms with E-state index in [1.54, 1.807) is 4.90 Å². The first kappa shape index (κ1) is 16.1. The summed E-state index contributed by atoms with van der Waals surface area (Å²) in [6, 6.07) is 7.57. The lowest BCUT2D eigenvalue weighted by molar-refractivity contribution is 0.0283. The molecule has 1 aromatic carbocycles. The number of hydrogen-bond donors (Lipinski definition) is 1. The number of carbonyl (C=O) groups is 1. The van der Waals surface area contributed by atoms with Crippen LogP contribution >= 0.6 is 11.6 Å². The number of hydrogen-bond acceptors (Lipinski definition) is 3. The number of carbonyl (C=O) groups excluding carboxylic acids is 1. The van der Waals surface area contributed by atoms with Gasteiger partial charge < -0.3 is 14.7 Å². The van der Waals surface area contributed by atoms with Gasteiger partial charge in [0.2, 0.25) is 0 Å². The SMILES string of the molecule is CC(C)(C)OC(=O)N1CC(c2ccc(Cl)cc2)[C@@H](CO)C1. The minimum atomic E-state index is -0.510. The van der Waals surface area contributed by atoms with Crippen LogP contribution in [0.1, 0.15) is 32.3 Å². The van der Waals surface area contributed by atoms with Gasteiger partial charge in [0.1, 0.15) is 5.60 Å². The molecule has 1 saturated heterocycles. The fourth-order valence-corrected chi connectivity index (χ4v) is 2.75. The van der Waals surface area contributed by atoms with Crippen LogP contribution < -0.4 is 0 Å². The summed E-state index contributed by atoms with van der Waals surface area (Å²) in [5, 5.41) is 10.3. The number of nitrogens with zero attached hydrogens (tertiary/aromatic N) is 1. The summed E-state index contributed by atoms with van der Waals surface area (Å²) in [5.41, 5.74) is 0.578. The van der Waals surface area contributed by atoms with Gasteiger partial charge in [-0.25, -0.2) is 4.79 Å². The van der Waals surface area contributed by atoms with Gasteiger partial charge in [-0.05, 0) is 38.5 Å². The molecule has 0 spiro atoms. The van der Waals surface area contributed by atoms with Crippen molar-refractivity contribution in [1.29, 1.82) is 0 Å². The van der Waals surface area contributed by atoms with Crippen LogP contribution in [0.4, 0.5) is 4.79 Å². The monoisotopic (exact) mass is 311 g/mol. The molecule has 116 valence electrons. The second-order valence-electron chi connectivity index (χ2n) is 6.49. The van der Waals surface area contributed by atoms with Gasteiger partial charge in [-0.15, -0.1) is 0 Å². The van der Waals surface area contributed by atoms with Gasteiger partial charge in [0.25, 0.3) is 0 Å². The lowest BCUT2D eigenvalue weighted by atomic mass is 9.90. The van der Waals surface area contributed by atoms with Crippen LogP contribution in [0.5, 0.6) is 0 Å². The van der Waals surface area contributed by atoms with Gasteiger partial charge in [-0.1, -0.05) is 23.7 Å². The Hall–Kier alpha value is -1.26. The first-order chi connectivity index (χ1) is 9.80. The molecule has 1 unspecified atom stereocenters. The Morgan fingerprint density at radius 3 is 2.48 bits per heavy atom. The van der Waals surface area contributed by atoms with Crippen LogP contribution in [0.15, 0.2) is 24.3 Å². The molecule has 5 heteroatoms. The van der Waals surface area contributed by atoms with Crippen molar-refractivity contribution >= 4 is 17.7 Å². The molecule has 1 aliphatic rings. The van der Waals surface area contributed by atoms with Crippen molar-refractivity contribution in [2.75, 3.05) is 19.7 Å². The molecule has 2 rings (SSSR count). The van der Waals surface area contributed by atoms with Crippen molar-refractivity contribution in [2.24, 2.45) is 5.92 Å². The zero-order chi connectivity index (χ0) is 15.6. The minimum absolute atomic E-state index is 0.0266. The number of halogens is 1. The zero-order valence-electron chi connectivity index (χ0n) is 12.7. The lowest BCUT2D eigenvalue weighted by Crippen LogP contribution is -2.35. The van der Waals surface area contributed by atoms with Crippen molar-refractivity contribution in [3.05, 3.63) is 34.9 Å². The molecule has 1 heterocycles. The Morgan fingerprint density at radius 1 is 1.33 bits per heavy atom. The molecule has 4 nitrogen and oxygen atoms in total. The Morgan fingerprint density at radius 2 is 1.95 bits per heavy atom. The van der Waals surface area contributed by atoms with E-state index < -0.39 is 5.60 Å². The molecule has 0 saturated carbocycles. The third kappa shape index (κ3) is 4.11. The Kier molecular flexibility index (Phi) is 4.79. The van der Waals surface area contributed by atoms with E-state index in [9.17, 15) is 9.90 Å². The largest absolute Gasteiger partial charge is 0.444 e. The highest BCUT2D eigenvalue weighted by Crippen LogP contribution is 2.33. The third-order valence-electron chi connectivity index (χ3n) is 3.63. The Balaban J connectivity index is 2.10. The maximum Gasteiger partial charge on any atom is 0.410 e. The van der Waals surface area contributed by atoms with Gasteiger partial charge in [0.15, 0.2) is 0 Å². The summed E-state index contributed by atoms with van der Waals surface area (Å²) >= 11 is 5.91. The Labute approximate surface area is 130 Å². The van der Waals surface area contributed by atoms with Crippen molar-refractivity contribution in [3.8, 4) is 0 Å². The van der Waals surface area contributed by atoms with Crippen molar-refractivity contribution in [2.45, 2.75) is 32.3 Å². The molecule has 2 atom stereocenters. The van der Waals surface area contributed by atoms with Crippen LogP contribution in [-0.2, 0) is 4.74 Å². The predicted molar refractivity (Wildman–Crippen MR) is 82.6 cm³/mol. The number of aliphatic hydroxyl groups excluding tert-OH is 1. The molecular weight excluding hydrogens is 290 g/mol. The molecule has 1 aliphatic heterocycles. The molecular formula is C16H22ClNO3. The van der Waals surface area contributed by atoms with E-state index in [0.29, 0.717) is 18.1 Å². The van der Waals surface area contributed by atoms with Crippen molar-refractivity contribution < 1.29 is 14.6 Å². The average molecular weight is 312 g/mol. The standard InChI is InChI=1S/C16H22ClNO3/c1-16(2,3)21-15(20)18-8-12(10-19)14(9-18)11-4-6-13(17)7-5-11/h4-7,12,14,19H,8-10H2,1-3H3/t12-,14?/m1/s1. The highest BCUT2D eigenvalue weighted by Gasteiger charge is 2.37. The zero-order valence-corrected chi connectivity index (χ0v) is 13.4. The van der Waals surface area contributed by atoms with E-state index in [2.05, 4.69) is 0 Å². The quantitative estimate of drug-likeness (QED) is 0.912. The topological polar surface area (TPSA) is 49.8 Å². The maximum atomic E-state index is 12.2. The number of aliphatic hydroxyl groups is 1.